The van der Waals surface area contributed by atoms with Gasteiger partial charge in [-0.3, -0.25) is 19.4 Å². The van der Waals surface area contributed by atoms with E-state index in [4.69, 9.17) is 0 Å². The molecule has 0 radical (unpaired) electrons. The summed E-state index contributed by atoms with van der Waals surface area (Å²) in [6.07, 6.45) is 1.85. The van der Waals surface area contributed by atoms with Gasteiger partial charge in [0.05, 0.1) is 18.8 Å². The molecule has 0 aromatic heterocycles. The van der Waals surface area contributed by atoms with Crippen molar-refractivity contribution in [2.24, 2.45) is 0 Å². The average molecular weight is 439 g/mol. The summed E-state index contributed by atoms with van der Waals surface area (Å²) in [5.74, 6) is 0.817. The van der Waals surface area contributed by atoms with Crippen LogP contribution in [-0.4, -0.2) is 66.6 Å². The SMILES string of the molecule is C=CCSc1ccccc1NC(=O)CN1CCN(CC(=O)NCc2ccccc2)CC1. The molecule has 0 saturated carbocycles. The van der Waals surface area contributed by atoms with Gasteiger partial charge in [-0.1, -0.05) is 48.5 Å². The van der Waals surface area contributed by atoms with Crippen LogP contribution in [0.25, 0.3) is 0 Å². The van der Waals surface area contributed by atoms with E-state index >= 15 is 0 Å². The molecule has 0 aliphatic carbocycles. The maximum Gasteiger partial charge on any atom is 0.238 e. The van der Waals surface area contributed by atoms with Crippen molar-refractivity contribution in [3.63, 3.8) is 0 Å². The fourth-order valence-corrected chi connectivity index (χ4v) is 4.15. The molecular weight excluding hydrogens is 408 g/mol. The van der Waals surface area contributed by atoms with E-state index in [9.17, 15) is 9.59 Å². The van der Waals surface area contributed by atoms with Crippen molar-refractivity contribution in [3.05, 3.63) is 72.8 Å². The second-order valence-corrected chi connectivity index (χ2v) is 8.52. The number of piperazine rings is 1. The van der Waals surface area contributed by atoms with Crippen molar-refractivity contribution in [3.8, 4) is 0 Å². The molecule has 1 heterocycles. The van der Waals surface area contributed by atoms with Crippen LogP contribution in [-0.2, 0) is 16.1 Å². The molecule has 6 nitrogen and oxygen atoms in total. The number of hydrogen-bond donors (Lipinski definition) is 2. The van der Waals surface area contributed by atoms with Crippen molar-refractivity contribution in [2.75, 3.05) is 50.3 Å². The lowest BCUT2D eigenvalue weighted by Gasteiger charge is -2.33. The first kappa shape index (κ1) is 23.1. The van der Waals surface area contributed by atoms with E-state index in [1.165, 1.54) is 0 Å². The highest BCUT2D eigenvalue weighted by Crippen LogP contribution is 2.26. The summed E-state index contributed by atoms with van der Waals surface area (Å²) < 4.78 is 0. The van der Waals surface area contributed by atoms with Gasteiger partial charge in [0.2, 0.25) is 11.8 Å². The molecule has 1 aliphatic rings. The zero-order valence-electron chi connectivity index (χ0n) is 17.8. The largest absolute Gasteiger partial charge is 0.351 e. The number of para-hydroxylation sites is 1. The standard InChI is InChI=1S/C24H30N4O2S/c1-2-16-31-22-11-7-6-10-21(22)26-24(30)19-28-14-12-27(13-15-28)18-23(29)25-17-20-8-4-3-5-9-20/h2-11H,1,12-19H2,(H,25,29)(H,26,30). The highest BCUT2D eigenvalue weighted by molar-refractivity contribution is 7.99. The van der Waals surface area contributed by atoms with E-state index in [1.54, 1.807) is 11.8 Å². The molecule has 2 amide bonds. The molecule has 164 valence electrons. The molecule has 1 aliphatic heterocycles. The molecule has 0 unspecified atom stereocenters. The maximum absolute atomic E-state index is 12.5. The highest BCUT2D eigenvalue weighted by Gasteiger charge is 2.21. The minimum Gasteiger partial charge on any atom is -0.351 e. The first-order valence-corrected chi connectivity index (χ1v) is 11.5. The Kier molecular flexibility index (Phi) is 9.15. The number of carbonyl (C=O) groups excluding carboxylic acids is 2. The third kappa shape index (κ3) is 7.86. The van der Waals surface area contributed by atoms with Crippen molar-refractivity contribution < 1.29 is 9.59 Å². The summed E-state index contributed by atoms with van der Waals surface area (Å²) in [6.45, 7) is 8.13. The maximum atomic E-state index is 12.5. The average Bonchev–Trinajstić information content (AvgIpc) is 2.79. The lowest BCUT2D eigenvalue weighted by Crippen LogP contribution is -2.50. The molecule has 0 atom stereocenters. The van der Waals surface area contributed by atoms with Crippen molar-refractivity contribution in [2.45, 2.75) is 11.4 Å². The first-order chi connectivity index (χ1) is 15.1. The summed E-state index contributed by atoms with van der Waals surface area (Å²) in [5, 5.41) is 6.00. The van der Waals surface area contributed by atoms with Gasteiger partial charge in [0.25, 0.3) is 0 Å². The van der Waals surface area contributed by atoms with Gasteiger partial charge < -0.3 is 10.6 Å². The van der Waals surface area contributed by atoms with Gasteiger partial charge in [0.1, 0.15) is 0 Å². The van der Waals surface area contributed by atoms with Crippen LogP contribution < -0.4 is 10.6 Å². The van der Waals surface area contributed by atoms with Gasteiger partial charge in [-0.2, -0.15) is 0 Å². The fourth-order valence-electron chi connectivity index (χ4n) is 3.40. The molecule has 2 aromatic rings. The van der Waals surface area contributed by atoms with Crippen LogP contribution in [0.1, 0.15) is 5.56 Å². The van der Waals surface area contributed by atoms with Crippen LogP contribution in [0.15, 0.2) is 72.1 Å². The topological polar surface area (TPSA) is 64.7 Å². The highest BCUT2D eigenvalue weighted by atomic mass is 32.2. The predicted molar refractivity (Wildman–Crippen MR) is 127 cm³/mol. The van der Waals surface area contributed by atoms with Crippen LogP contribution >= 0.6 is 11.8 Å². The minimum atomic E-state index is -0.0132. The van der Waals surface area contributed by atoms with Gasteiger partial charge in [-0.05, 0) is 17.7 Å². The lowest BCUT2D eigenvalue weighted by atomic mass is 10.2. The molecule has 3 rings (SSSR count). The van der Waals surface area contributed by atoms with Gasteiger partial charge in [0, 0.05) is 43.4 Å². The summed E-state index contributed by atoms with van der Waals surface area (Å²) in [4.78, 5) is 30.1. The Morgan fingerprint density at radius 2 is 1.52 bits per heavy atom. The molecule has 2 N–H and O–H groups in total. The molecule has 1 fully saturated rings. The zero-order chi connectivity index (χ0) is 21.9. The number of rotatable bonds is 10. The second kappa shape index (κ2) is 12.3. The van der Waals surface area contributed by atoms with Crippen LogP contribution in [0.4, 0.5) is 5.69 Å². The van der Waals surface area contributed by atoms with Gasteiger partial charge in [-0.25, -0.2) is 0 Å². The lowest BCUT2D eigenvalue weighted by molar-refractivity contribution is -0.123. The van der Waals surface area contributed by atoms with E-state index in [0.29, 0.717) is 19.6 Å². The summed E-state index contributed by atoms with van der Waals surface area (Å²) in [5.41, 5.74) is 1.93. The predicted octanol–water partition coefficient (Wildman–Crippen LogP) is 2.84. The van der Waals surface area contributed by atoms with E-state index in [0.717, 1.165) is 48.1 Å². The van der Waals surface area contributed by atoms with Gasteiger partial charge in [-0.15, -0.1) is 18.3 Å². The number of hydrogen-bond acceptors (Lipinski definition) is 5. The molecular formula is C24H30N4O2S. The van der Waals surface area contributed by atoms with E-state index in [-0.39, 0.29) is 11.8 Å². The number of thioether (sulfide) groups is 1. The van der Waals surface area contributed by atoms with Gasteiger partial charge in [0.15, 0.2) is 0 Å². The molecule has 0 bridgehead atoms. The quantitative estimate of drug-likeness (QED) is 0.441. The van der Waals surface area contributed by atoms with Crippen molar-refractivity contribution in [1.29, 1.82) is 0 Å². The molecule has 1 saturated heterocycles. The van der Waals surface area contributed by atoms with Crippen LogP contribution in [0.3, 0.4) is 0 Å². The Morgan fingerprint density at radius 1 is 0.903 bits per heavy atom. The Morgan fingerprint density at radius 3 is 2.19 bits per heavy atom. The number of nitrogens with zero attached hydrogens (tertiary/aromatic N) is 2. The Hall–Kier alpha value is -2.61. The Labute approximate surface area is 188 Å². The zero-order valence-corrected chi connectivity index (χ0v) is 18.6. The third-order valence-corrected chi connectivity index (χ3v) is 6.12. The monoisotopic (exact) mass is 438 g/mol. The number of nitrogens with one attached hydrogen (secondary N) is 2. The minimum absolute atomic E-state index is 0.0132. The number of anilines is 1. The molecule has 2 aromatic carbocycles. The van der Waals surface area contributed by atoms with Gasteiger partial charge >= 0.3 is 0 Å². The van der Waals surface area contributed by atoms with Crippen LogP contribution in [0.2, 0.25) is 0 Å². The van der Waals surface area contributed by atoms with Crippen LogP contribution in [0, 0.1) is 0 Å². The van der Waals surface area contributed by atoms with Crippen LogP contribution in [0.5, 0.6) is 0 Å². The fraction of sp³-hybridized carbons (Fsp3) is 0.333. The van der Waals surface area contributed by atoms with Crippen molar-refractivity contribution >= 4 is 29.3 Å². The molecule has 0 spiro atoms. The summed E-state index contributed by atoms with van der Waals surface area (Å²) in [6, 6.07) is 17.7. The number of carbonyl (C=O) groups is 2. The molecule has 31 heavy (non-hydrogen) atoms. The third-order valence-electron chi connectivity index (χ3n) is 5.05. The number of benzene rings is 2. The van der Waals surface area contributed by atoms with E-state index in [1.807, 2.05) is 60.7 Å². The smallest absolute Gasteiger partial charge is 0.238 e. The first-order valence-electron chi connectivity index (χ1n) is 10.5. The molecule has 7 heteroatoms. The van der Waals surface area contributed by atoms with Crippen molar-refractivity contribution in [1.82, 2.24) is 15.1 Å². The Bertz CT molecular complexity index is 867. The summed E-state index contributed by atoms with van der Waals surface area (Å²) in [7, 11) is 0. The summed E-state index contributed by atoms with van der Waals surface area (Å²) >= 11 is 1.65. The second-order valence-electron chi connectivity index (χ2n) is 7.46. The number of amides is 2. The van der Waals surface area contributed by atoms with E-state index in [2.05, 4.69) is 27.0 Å². The Balaban J connectivity index is 1.37. The van der Waals surface area contributed by atoms with E-state index < -0.39 is 0 Å². The normalized spacial score (nSPS) is 14.7.